The molecule has 184 valence electrons. The van der Waals surface area contributed by atoms with Gasteiger partial charge in [-0.05, 0) is 74.4 Å². The average Bonchev–Trinajstić information content (AvgIpc) is 3.45. The summed E-state index contributed by atoms with van der Waals surface area (Å²) in [6, 6.07) is 18.0. The van der Waals surface area contributed by atoms with Crippen LogP contribution < -0.4 is 10.3 Å². The van der Waals surface area contributed by atoms with Gasteiger partial charge in [0.15, 0.2) is 5.16 Å². The van der Waals surface area contributed by atoms with Crippen molar-refractivity contribution < 1.29 is 4.74 Å². The second kappa shape index (κ2) is 9.41. The highest BCUT2D eigenvalue weighted by Crippen LogP contribution is 2.38. The predicted octanol–water partition coefficient (Wildman–Crippen LogP) is 6.30. The molecule has 0 spiro atoms. The maximum atomic E-state index is 13.9. The molecule has 0 saturated carbocycles. The lowest BCUT2D eigenvalue weighted by Crippen LogP contribution is -2.22. The number of hydrogen-bond acceptors (Lipinski definition) is 6. The van der Waals surface area contributed by atoms with Crippen molar-refractivity contribution in [3.05, 3.63) is 81.0 Å². The third-order valence-electron chi connectivity index (χ3n) is 6.61. The Morgan fingerprint density at radius 2 is 1.89 bits per heavy atom. The first-order valence-electron chi connectivity index (χ1n) is 12.4. The van der Waals surface area contributed by atoms with Crippen molar-refractivity contribution in [2.45, 2.75) is 57.0 Å². The van der Waals surface area contributed by atoms with Crippen LogP contribution in [-0.2, 0) is 18.6 Å². The van der Waals surface area contributed by atoms with Gasteiger partial charge in [-0.25, -0.2) is 8.97 Å². The molecule has 3 aromatic heterocycles. The van der Waals surface area contributed by atoms with Gasteiger partial charge in [-0.2, -0.15) is 0 Å². The van der Waals surface area contributed by atoms with E-state index in [9.17, 15) is 4.79 Å². The standard InChI is InChI=1S/C28H28N4O2S2/c1-17(2)34-21-12-10-19(11-13-21)16-35-28-30-29-27-31(20-7-5-4-6-8-20)25(33)24-22-14-9-18(3)15-23(22)36-26(24)32(27)28/h4-8,10-13,17-18H,9,14-16H2,1-3H3/t18-/m1/s1. The highest BCUT2D eigenvalue weighted by atomic mass is 32.2. The van der Waals surface area contributed by atoms with E-state index in [2.05, 4.69) is 33.7 Å². The van der Waals surface area contributed by atoms with Crippen LogP contribution in [0.3, 0.4) is 0 Å². The van der Waals surface area contributed by atoms with Crippen LogP contribution in [0.5, 0.6) is 5.75 Å². The van der Waals surface area contributed by atoms with Crippen LogP contribution in [0.15, 0.2) is 64.5 Å². The van der Waals surface area contributed by atoms with Crippen molar-refractivity contribution in [2.75, 3.05) is 0 Å². The van der Waals surface area contributed by atoms with Gasteiger partial charge < -0.3 is 4.74 Å². The van der Waals surface area contributed by atoms with Crippen molar-refractivity contribution >= 4 is 39.1 Å². The zero-order valence-corrected chi connectivity index (χ0v) is 22.2. The van der Waals surface area contributed by atoms with Crippen LogP contribution >= 0.6 is 23.1 Å². The lowest BCUT2D eigenvalue weighted by molar-refractivity contribution is 0.242. The summed E-state index contributed by atoms with van der Waals surface area (Å²) in [5.41, 5.74) is 3.21. The second-order valence-electron chi connectivity index (χ2n) is 9.73. The fraction of sp³-hybridized carbons (Fsp3) is 0.321. The van der Waals surface area contributed by atoms with Gasteiger partial charge in [0.05, 0.1) is 17.2 Å². The van der Waals surface area contributed by atoms with Gasteiger partial charge in [-0.3, -0.25) is 4.79 Å². The van der Waals surface area contributed by atoms with Gasteiger partial charge in [-0.15, -0.1) is 21.5 Å². The fourth-order valence-electron chi connectivity index (χ4n) is 4.89. The van der Waals surface area contributed by atoms with Crippen LogP contribution in [-0.4, -0.2) is 25.3 Å². The minimum Gasteiger partial charge on any atom is -0.491 e. The Bertz CT molecular complexity index is 1600. The van der Waals surface area contributed by atoms with Crippen molar-refractivity contribution in [3.8, 4) is 11.4 Å². The summed E-state index contributed by atoms with van der Waals surface area (Å²) in [4.78, 5) is 16.2. The molecule has 0 N–H and O–H groups in total. The van der Waals surface area contributed by atoms with Crippen molar-refractivity contribution in [1.82, 2.24) is 19.2 Å². The molecule has 6 nitrogen and oxygen atoms in total. The SMILES string of the molecule is CC(C)Oc1ccc(CSc2nnc3n(-c4ccccc4)c(=O)c4c5c(sc4n23)C[C@H](C)CC5)cc1. The fourth-order valence-corrected chi connectivity index (χ4v) is 7.34. The highest BCUT2D eigenvalue weighted by Gasteiger charge is 2.27. The van der Waals surface area contributed by atoms with Crippen LogP contribution in [0, 0.1) is 5.92 Å². The lowest BCUT2D eigenvalue weighted by Gasteiger charge is -2.17. The van der Waals surface area contributed by atoms with E-state index in [4.69, 9.17) is 4.74 Å². The third-order valence-corrected chi connectivity index (χ3v) is 8.85. The molecule has 1 atom stereocenters. The Kier molecular flexibility index (Phi) is 6.09. The van der Waals surface area contributed by atoms with Gasteiger partial charge in [0.2, 0.25) is 5.78 Å². The molecule has 1 aliphatic rings. The molecular weight excluding hydrogens is 488 g/mol. The Labute approximate surface area is 217 Å². The molecule has 36 heavy (non-hydrogen) atoms. The monoisotopic (exact) mass is 516 g/mol. The predicted molar refractivity (Wildman–Crippen MR) is 147 cm³/mol. The molecule has 6 rings (SSSR count). The number of aryl methyl sites for hydroxylation is 1. The number of nitrogens with zero attached hydrogens (tertiary/aromatic N) is 4. The van der Waals surface area contributed by atoms with E-state index in [1.165, 1.54) is 16.0 Å². The summed E-state index contributed by atoms with van der Waals surface area (Å²) >= 11 is 3.38. The number of thioether (sulfide) groups is 1. The number of ether oxygens (including phenoxy) is 1. The molecule has 2 aromatic carbocycles. The van der Waals surface area contributed by atoms with Crippen LogP contribution in [0.1, 0.15) is 43.2 Å². The van der Waals surface area contributed by atoms with Gasteiger partial charge in [0, 0.05) is 10.6 Å². The van der Waals surface area contributed by atoms with E-state index in [0.29, 0.717) is 11.7 Å². The normalized spacial score (nSPS) is 15.6. The van der Waals surface area contributed by atoms with E-state index in [1.807, 2.05) is 56.3 Å². The first-order valence-corrected chi connectivity index (χ1v) is 14.2. The van der Waals surface area contributed by atoms with Crippen LogP contribution in [0.25, 0.3) is 21.7 Å². The topological polar surface area (TPSA) is 61.4 Å². The number of aromatic nitrogens is 4. The van der Waals surface area contributed by atoms with Crippen molar-refractivity contribution in [2.24, 2.45) is 5.92 Å². The van der Waals surface area contributed by atoms with E-state index < -0.39 is 0 Å². The lowest BCUT2D eigenvalue weighted by atomic mass is 9.89. The second-order valence-corrected chi connectivity index (χ2v) is 11.8. The molecule has 3 heterocycles. The average molecular weight is 517 g/mol. The van der Waals surface area contributed by atoms with Gasteiger partial charge in [0.1, 0.15) is 10.6 Å². The van der Waals surface area contributed by atoms with Crippen molar-refractivity contribution in [3.63, 3.8) is 0 Å². The highest BCUT2D eigenvalue weighted by molar-refractivity contribution is 7.98. The Balaban J connectivity index is 1.47. The number of para-hydroxylation sites is 1. The first kappa shape index (κ1) is 23.3. The minimum absolute atomic E-state index is 0.000411. The first-order chi connectivity index (χ1) is 17.5. The van der Waals surface area contributed by atoms with Crippen LogP contribution in [0.2, 0.25) is 0 Å². The number of benzene rings is 2. The summed E-state index contributed by atoms with van der Waals surface area (Å²) in [7, 11) is 0. The minimum atomic E-state index is 0.000411. The van der Waals surface area contributed by atoms with Crippen LogP contribution in [0.4, 0.5) is 0 Å². The number of rotatable bonds is 6. The number of fused-ring (bicyclic) bond motifs is 5. The van der Waals surface area contributed by atoms with E-state index >= 15 is 0 Å². The van der Waals surface area contributed by atoms with Crippen molar-refractivity contribution in [1.29, 1.82) is 0 Å². The quantitative estimate of drug-likeness (QED) is 0.248. The van der Waals surface area contributed by atoms with E-state index in [0.717, 1.165) is 51.8 Å². The Hall–Kier alpha value is -3.10. The molecule has 0 unspecified atom stereocenters. The summed E-state index contributed by atoms with van der Waals surface area (Å²) < 4.78 is 9.60. The molecule has 5 aromatic rings. The molecule has 8 heteroatoms. The van der Waals surface area contributed by atoms with Gasteiger partial charge in [-0.1, -0.05) is 49.0 Å². The molecule has 0 aliphatic heterocycles. The van der Waals surface area contributed by atoms with Gasteiger partial charge in [0.25, 0.3) is 5.56 Å². The maximum absolute atomic E-state index is 13.9. The van der Waals surface area contributed by atoms with E-state index in [1.54, 1.807) is 27.7 Å². The summed E-state index contributed by atoms with van der Waals surface area (Å²) in [6.45, 7) is 6.35. The summed E-state index contributed by atoms with van der Waals surface area (Å²) in [5, 5.41) is 10.7. The summed E-state index contributed by atoms with van der Waals surface area (Å²) in [6.07, 6.45) is 3.23. The zero-order valence-electron chi connectivity index (χ0n) is 20.6. The maximum Gasteiger partial charge on any atom is 0.268 e. The third kappa shape index (κ3) is 4.12. The molecule has 0 amide bonds. The zero-order chi connectivity index (χ0) is 24.8. The number of hydrogen-bond donors (Lipinski definition) is 0. The smallest absolute Gasteiger partial charge is 0.268 e. The Morgan fingerprint density at radius 3 is 2.64 bits per heavy atom. The Morgan fingerprint density at radius 1 is 1.11 bits per heavy atom. The molecule has 1 aliphatic carbocycles. The molecule has 0 fully saturated rings. The van der Waals surface area contributed by atoms with Gasteiger partial charge >= 0.3 is 0 Å². The molecular formula is C28H28N4O2S2. The summed E-state index contributed by atoms with van der Waals surface area (Å²) in [5.74, 6) is 2.82. The largest absolute Gasteiger partial charge is 0.491 e. The number of thiophene rings is 1. The molecule has 0 saturated heterocycles. The van der Waals surface area contributed by atoms with E-state index in [-0.39, 0.29) is 11.7 Å². The molecule has 0 radical (unpaired) electrons. The molecule has 0 bridgehead atoms.